The minimum atomic E-state index is 0.750. The Morgan fingerprint density at radius 3 is 1.93 bits per heavy atom. The third kappa shape index (κ3) is 8.55. The van der Waals surface area contributed by atoms with E-state index in [9.17, 15) is 0 Å². The normalized spacial score (nSPS) is 9.27. The molecule has 160 valence electrons. The highest BCUT2D eigenvalue weighted by Gasteiger charge is 1.98. The molecule has 0 aliphatic carbocycles. The molecule has 0 spiro atoms. The average Bonchev–Trinajstić information content (AvgIpc) is 3.30. The van der Waals surface area contributed by atoms with Crippen LogP contribution in [-0.4, -0.2) is 18.0 Å². The minimum absolute atomic E-state index is 0.750. The van der Waals surface area contributed by atoms with Crippen LogP contribution in [0.15, 0.2) is 83.9 Å². The number of hydrogen-bond acceptors (Lipinski definition) is 6. The Kier molecular flexibility index (Phi) is 13.2. The smallest absolute Gasteiger partial charge is 0.118 e. The van der Waals surface area contributed by atoms with Gasteiger partial charge >= 0.3 is 0 Å². The van der Waals surface area contributed by atoms with Gasteiger partial charge < -0.3 is 10.5 Å². The molecule has 0 saturated heterocycles. The molecule has 0 atom stereocenters. The van der Waals surface area contributed by atoms with Gasteiger partial charge in [0.2, 0.25) is 0 Å². The van der Waals surface area contributed by atoms with Crippen LogP contribution in [-0.2, 0) is 0 Å². The predicted octanol–water partition coefficient (Wildman–Crippen LogP) is 6.62. The Morgan fingerprint density at radius 1 is 0.900 bits per heavy atom. The van der Waals surface area contributed by atoms with E-state index < -0.39 is 0 Å². The Labute approximate surface area is 188 Å². The largest absolute Gasteiger partial charge is 0.497 e. The average molecular weight is 442 g/mol. The number of methoxy groups -OCH3 is 1. The Balaban J connectivity index is 0.000000270. The van der Waals surface area contributed by atoms with Crippen molar-refractivity contribution in [2.24, 2.45) is 10.9 Å². The van der Waals surface area contributed by atoms with Crippen molar-refractivity contribution in [3.63, 3.8) is 0 Å². The number of nitrogens with two attached hydrogens (primary N) is 2. The third-order valence-corrected chi connectivity index (χ3v) is 5.00. The maximum atomic E-state index is 5.48. The Hall–Kier alpha value is -2.38. The van der Waals surface area contributed by atoms with Gasteiger partial charge in [-0.05, 0) is 71.5 Å². The molecule has 4 aromatic rings. The summed E-state index contributed by atoms with van der Waals surface area (Å²) in [7, 11) is 1.67. The molecule has 0 radical (unpaired) electrons. The molecule has 0 fully saturated rings. The number of aromatic nitrogens is 1. The maximum Gasteiger partial charge on any atom is 0.118 e. The third-order valence-electron chi connectivity index (χ3n) is 3.68. The fraction of sp³-hybridized carbons (Fsp3) is 0.208. The summed E-state index contributed by atoms with van der Waals surface area (Å²) in [6, 6.07) is 24.4. The van der Waals surface area contributed by atoms with Crippen molar-refractivity contribution in [2.45, 2.75) is 25.7 Å². The first-order valence-corrected chi connectivity index (χ1v) is 11.5. The summed E-state index contributed by atoms with van der Waals surface area (Å²) >= 11 is 2.80. The van der Waals surface area contributed by atoms with E-state index in [1.54, 1.807) is 7.11 Å². The summed E-state index contributed by atoms with van der Waals surface area (Å²) in [5, 5.41) is 6.72. The van der Waals surface area contributed by atoms with Crippen LogP contribution in [0.1, 0.15) is 20.8 Å². The second-order valence-corrected chi connectivity index (χ2v) is 7.18. The lowest BCUT2D eigenvalue weighted by Crippen LogP contribution is -1.87. The minimum Gasteiger partial charge on any atom is -0.497 e. The number of nitrogens with zero attached hydrogens (tertiary/aromatic N) is 1. The molecule has 0 aliphatic heterocycles. The van der Waals surface area contributed by atoms with Crippen LogP contribution in [0.2, 0.25) is 0 Å². The fourth-order valence-corrected chi connectivity index (χ4v) is 3.26. The van der Waals surface area contributed by atoms with Crippen molar-refractivity contribution in [1.82, 2.24) is 4.37 Å². The van der Waals surface area contributed by atoms with Gasteiger partial charge in [-0.3, -0.25) is 5.14 Å². The fourth-order valence-electron chi connectivity index (χ4n) is 2.32. The molecular formula is C24H31N3OS2. The quantitative estimate of drug-likeness (QED) is 0.350. The molecule has 0 aliphatic rings. The number of rotatable bonds is 3. The topological polar surface area (TPSA) is 74.2 Å². The van der Waals surface area contributed by atoms with Gasteiger partial charge in [-0.25, -0.2) is 0 Å². The van der Waals surface area contributed by atoms with E-state index in [1.807, 2.05) is 75.5 Å². The zero-order chi connectivity index (χ0) is 22.2. The molecule has 0 bridgehead atoms. The first-order chi connectivity index (χ1) is 14.7. The molecule has 6 heteroatoms. The van der Waals surface area contributed by atoms with Crippen LogP contribution in [0.25, 0.3) is 21.2 Å². The summed E-state index contributed by atoms with van der Waals surface area (Å²) in [6.07, 6.45) is 1.89. The molecule has 30 heavy (non-hydrogen) atoms. The first kappa shape index (κ1) is 25.7. The van der Waals surface area contributed by atoms with Gasteiger partial charge in [0.25, 0.3) is 0 Å². The summed E-state index contributed by atoms with van der Waals surface area (Å²) < 4.78 is 10.4. The molecule has 4 nitrogen and oxygen atoms in total. The number of hydrogen-bond donors (Lipinski definition) is 2. The lowest BCUT2D eigenvalue weighted by molar-refractivity contribution is 0.415. The summed E-state index contributed by atoms with van der Waals surface area (Å²) in [5.41, 5.74) is 7.20. The SMILES string of the molecule is CC.CCN.COc1ccc(-c2ccc(SN)cc2)cc1.c1ccc2sncc2c1. The lowest BCUT2D eigenvalue weighted by Gasteiger charge is -2.04. The molecule has 0 saturated carbocycles. The summed E-state index contributed by atoms with van der Waals surface area (Å²) in [6.45, 7) is 6.65. The molecule has 3 aromatic carbocycles. The van der Waals surface area contributed by atoms with Gasteiger partial charge in [-0.15, -0.1) is 0 Å². The van der Waals surface area contributed by atoms with Crippen molar-refractivity contribution in [1.29, 1.82) is 0 Å². The maximum absolute atomic E-state index is 5.48. The molecular weight excluding hydrogens is 410 g/mol. The Bertz CT molecular complexity index is 863. The van der Waals surface area contributed by atoms with E-state index in [4.69, 9.17) is 15.6 Å². The summed E-state index contributed by atoms with van der Waals surface area (Å²) in [5.74, 6) is 0.873. The predicted molar refractivity (Wildman–Crippen MR) is 134 cm³/mol. The molecule has 4 N–H and O–H groups in total. The molecule has 0 unspecified atom stereocenters. The zero-order valence-corrected chi connectivity index (χ0v) is 19.7. The van der Waals surface area contributed by atoms with Crippen LogP contribution in [0.3, 0.4) is 0 Å². The lowest BCUT2D eigenvalue weighted by atomic mass is 10.1. The number of ether oxygens (including phenoxy) is 1. The zero-order valence-electron chi connectivity index (χ0n) is 18.0. The van der Waals surface area contributed by atoms with E-state index >= 15 is 0 Å². The highest BCUT2D eigenvalue weighted by Crippen LogP contribution is 2.24. The monoisotopic (exact) mass is 441 g/mol. The van der Waals surface area contributed by atoms with Crippen LogP contribution in [0.4, 0.5) is 0 Å². The van der Waals surface area contributed by atoms with Gasteiger partial charge in [0.05, 0.1) is 11.8 Å². The van der Waals surface area contributed by atoms with E-state index in [1.165, 1.54) is 44.7 Å². The number of fused-ring (bicyclic) bond motifs is 1. The molecule has 0 amide bonds. The van der Waals surface area contributed by atoms with Gasteiger partial charge in [-0.2, -0.15) is 4.37 Å². The van der Waals surface area contributed by atoms with E-state index in [0.717, 1.165) is 17.2 Å². The van der Waals surface area contributed by atoms with E-state index in [-0.39, 0.29) is 0 Å². The van der Waals surface area contributed by atoms with Crippen LogP contribution in [0, 0.1) is 0 Å². The second kappa shape index (κ2) is 15.5. The molecule has 1 aromatic heterocycles. The van der Waals surface area contributed by atoms with Crippen molar-refractivity contribution in [3.8, 4) is 16.9 Å². The van der Waals surface area contributed by atoms with Gasteiger partial charge in [0.1, 0.15) is 5.75 Å². The van der Waals surface area contributed by atoms with E-state index in [0.29, 0.717) is 0 Å². The highest BCUT2D eigenvalue weighted by molar-refractivity contribution is 7.97. The highest BCUT2D eigenvalue weighted by atomic mass is 32.2. The van der Waals surface area contributed by atoms with Crippen LogP contribution in [0.5, 0.6) is 5.75 Å². The van der Waals surface area contributed by atoms with E-state index in [2.05, 4.69) is 28.6 Å². The number of benzene rings is 3. The first-order valence-electron chi connectivity index (χ1n) is 9.82. The molecule has 1 heterocycles. The van der Waals surface area contributed by atoms with Crippen molar-refractivity contribution < 1.29 is 4.74 Å². The van der Waals surface area contributed by atoms with Crippen LogP contribution >= 0.6 is 23.5 Å². The van der Waals surface area contributed by atoms with Crippen molar-refractivity contribution in [3.05, 3.63) is 79.0 Å². The van der Waals surface area contributed by atoms with Crippen LogP contribution < -0.4 is 15.6 Å². The van der Waals surface area contributed by atoms with Gasteiger partial charge in [0.15, 0.2) is 0 Å². The van der Waals surface area contributed by atoms with Crippen molar-refractivity contribution in [2.75, 3.05) is 13.7 Å². The second-order valence-electron chi connectivity index (χ2n) is 5.64. The Morgan fingerprint density at radius 2 is 1.43 bits per heavy atom. The van der Waals surface area contributed by atoms with Gasteiger partial charge in [0, 0.05) is 16.5 Å². The molecule has 4 rings (SSSR count). The summed E-state index contributed by atoms with van der Waals surface area (Å²) in [4.78, 5) is 1.07. The van der Waals surface area contributed by atoms with Crippen molar-refractivity contribution >= 4 is 33.6 Å². The standard InChI is InChI=1S/C13H13NOS.C7H5NS.C2H7N.C2H6/c1-15-12-6-2-10(3-7-12)11-4-8-13(16-14)9-5-11;1-2-4-7-6(3-1)5-8-9-7;1-2-3;1-2/h2-9H,14H2,1H3;1-5H;2-3H2,1H3;1-2H3. The van der Waals surface area contributed by atoms with Gasteiger partial charge in [-0.1, -0.05) is 63.2 Å².